The minimum absolute atomic E-state index is 0.128. The molecule has 0 aromatic heterocycles. The van der Waals surface area contributed by atoms with Crippen molar-refractivity contribution >= 4 is 0 Å². The Hall–Kier alpha value is -0.820. The van der Waals surface area contributed by atoms with Crippen LogP contribution in [0.25, 0.3) is 0 Å². The molecule has 16 heavy (non-hydrogen) atoms. The van der Waals surface area contributed by atoms with Gasteiger partial charge < -0.3 is 5.32 Å². The molecule has 0 aliphatic heterocycles. The van der Waals surface area contributed by atoms with Gasteiger partial charge in [-0.25, -0.2) is 0 Å². The lowest BCUT2D eigenvalue weighted by Crippen LogP contribution is -2.45. The molecule has 1 aromatic carbocycles. The molecular weight excluding hydrogens is 194 g/mol. The molecule has 1 heteroatoms. The van der Waals surface area contributed by atoms with E-state index >= 15 is 0 Å². The third-order valence-corrected chi connectivity index (χ3v) is 3.99. The van der Waals surface area contributed by atoms with Crippen molar-refractivity contribution in [1.29, 1.82) is 0 Å². The van der Waals surface area contributed by atoms with E-state index in [1.54, 1.807) is 0 Å². The zero-order valence-corrected chi connectivity index (χ0v) is 10.7. The number of nitrogens with one attached hydrogen (secondary N) is 1. The SMILES string of the molecule is CCC(C)(NC(C)C1CC1)c1ccccc1. The Labute approximate surface area is 99.3 Å². The maximum atomic E-state index is 3.82. The molecular formula is C15H23N. The molecule has 0 heterocycles. The van der Waals surface area contributed by atoms with Gasteiger partial charge in [0.25, 0.3) is 0 Å². The van der Waals surface area contributed by atoms with Gasteiger partial charge in [0, 0.05) is 11.6 Å². The Morgan fingerprint density at radius 3 is 2.44 bits per heavy atom. The number of benzene rings is 1. The van der Waals surface area contributed by atoms with Crippen LogP contribution in [0.1, 0.15) is 45.6 Å². The topological polar surface area (TPSA) is 12.0 Å². The third kappa shape index (κ3) is 2.46. The van der Waals surface area contributed by atoms with Crippen molar-refractivity contribution < 1.29 is 0 Å². The van der Waals surface area contributed by atoms with Gasteiger partial charge >= 0.3 is 0 Å². The van der Waals surface area contributed by atoms with E-state index in [4.69, 9.17) is 0 Å². The highest BCUT2D eigenvalue weighted by Crippen LogP contribution is 2.35. The second-order valence-electron chi connectivity index (χ2n) is 5.32. The van der Waals surface area contributed by atoms with Gasteiger partial charge in [-0.1, -0.05) is 37.3 Å². The lowest BCUT2D eigenvalue weighted by Gasteiger charge is -2.34. The van der Waals surface area contributed by atoms with Gasteiger partial charge in [0.15, 0.2) is 0 Å². The highest BCUT2D eigenvalue weighted by atomic mass is 15.0. The van der Waals surface area contributed by atoms with Crippen molar-refractivity contribution in [2.45, 2.75) is 51.6 Å². The van der Waals surface area contributed by atoms with Crippen LogP contribution in [-0.2, 0) is 5.54 Å². The van der Waals surface area contributed by atoms with Crippen molar-refractivity contribution in [2.75, 3.05) is 0 Å². The Morgan fingerprint density at radius 1 is 1.31 bits per heavy atom. The maximum absolute atomic E-state index is 3.82. The van der Waals surface area contributed by atoms with Gasteiger partial charge in [0.2, 0.25) is 0 Å². The lowest BCUT2D eigenvalue weighted by atomic mass is 9.88. The van der Waals surface area contributed by atoms with E-state index in [1.807, 2.05) is 0 Å². The second kappa shape index (κ2) is 4.58. The van der Waals surface area contributed by atoms with Gasteiger partial charge in [-0.3, -0.25) is 0 Å². The predicted molar refractivity (Wildman–Crippen MR) is 69.4 cm³/mol. The molecule has 1 aromatic rings. The molecule has 1 aliphatic carbocycles. The monoisotopic (exact) mass is 217 g/mol. The van der Waals surface area contributed by atoms with E-state index in [0.29, 0.717) is 6.04 Å². The molecule has 2 unspecified atom stereocenters. The number of hydrogen-bond acceptors (Lipinski definition) is 1. The van der Waals surface area contributed by atoms with Crippen LogP contribution in [0.3, 0.4) is 0 Å². The van der Waals surface area contributed by atoms with Crippen LogP contribution in [0.4, 0.5) is 0 Å². The summed E-state index contributed by atoms with van der Waals surface area (Å²) in [6.45, 7) is 6.91. The van der Waals surface area contributed by atoms with Crippen LogP contribution in [0.2, 0.25) is 0 Å². The van der Waals surface area contributed by atoms with Crippen LogP contribution in [0.15, 0.2) is 30.3 Å². The van der Waals surface area contributed by atoms with Gasteiger partial charge in [0.05, 0.1) is 0 Å². The first kappa shape index (κ1) is 11.7. The summed E-state index contributed by atoms with van der Waals surface area (Å²) in [5, 5.41) is 3.82. The molecule has 2 atom stereocenters. The summed E-state index contributed by atoms with van der Waals surface area (Å²) in [6.07, 6.45) is 3.94. The van der Waals surface area contributed by atoms with E-state index in [0.717, 1.165) is 12.3 Å². The van der Waals surface area contributed by atoms with Crippen LogP contribution in [0, 0.1) is 5.92 Å². The van der Waals surface area contributed by atoms with E-state index in [-0.39, 0.29) is 5.54 Å². The first-order valence-corrected chi connectivity index (χ1v) is 6.49. The molecule has 88 valence electrons. The molecule has 0 spiro atoms. The Morgan fingerprint density at radius 2 is 1.94 bits per heavy atom. The number of rotatable bonds is 5. The molecule has 2 rings (SSSR count). The highest BCUT2D eigenvalue weighted by Gasteiger charge is 2.33. The number of hydrogen-bond donors (Lipinski definition) is 1. The molecule has 1 saturated carbocycles. The van der Waals surface area contributed by atoms with Gasteiger partial charge in [-0.05, 0) is 44.6 Å². The van der Waals surface area contributed by atoms with Crippen molar-refractivity contribution in [2.24, 2.45) is 5.92 Å². The molecule has 1 nitrogen and oxygen atoms in total. The summed E-state index contributed by atoms with van der Waals surface area (Å²) < 4.78 is 0. The summed E-state index contributed by atoms with van der Waals surface area (Å²) in [4.78, 5) is 0. The van der Waals surface area contributed by atoms with Crippen LogP contribution in [0.5, 0.6) is 0 Å². The first-order chi connectivity index (χ1) is 7.65. The average molecular weight is 217 g/mol. The fraction of sp³-hybridized carbons (Fsp3) is 0.600. The van der Waals surface area contributed by atoms with Crippen molar-refractivity contribution in [1.82, 2.24) is 5.32 Å². The maximum Gasteiger partial charge on any atom is 0.0405 e. The third-order valence-electron chi connectivity index (χ3n) is 3.99. The van der Waals surface area contributed by atoms with E-state index in [1.165, 1.54) is 18.4 Å². The second-order valence-corrected chi connectivity index (χ2v) is 5.32. The quantitative estimate of drug-likeness (QED) is 0.793. The smallest absolute Gasteiger partial charge is 0.0405 e. The average Bonchev–Trinajstić information content (AvgIpc) is 3.14. The van der Waals surface area contributed by atoms with Crippen molar-refractivity contribution in [3.05, 3.63) is 35.9 Å². The molecule has 0 radical (unpaired) electrons. The van der Waals surface area contributed by atoms with Gasteiger partial charge in [-0.2, -0.15) is 0 Å². The summed E-state index contributed by atoms with van der Waals surface area (Å²) in [5.74, 6) is 0.912. The van der Waals surface area contributed by atoms with E-state index in [2.05, 4.69) is 56.4 Å². The molecule has 0 saturated heterocycles. The highest BCUT2D eigenvalue weighted by molar-refractivity contribution is 5.23. The van der Waals surface area contributed by atoms with Crippen LogP contribution < -0.4 is 5.32 Å². The molecule has 0 amide bonds. The fourth-order valence-corrected chi connectivity index (χ4v) is 2.41. The molecule has 1 N–H and O–H groups in total. The van der Waals surface area contributed by atoms with Gasteiger partial charge in [-0.15, -0.1) is 0 Å². The summed E-state index contributed by atoms with van der Waals surface area (Å²) in [7, 11) is 0. The van der Waals surface area contributed by atoms with E-state index < -0.39 is 0 Å². The summed E-state index contributed by atoms with van der Waals surface area (Å²) in [6, 6.07) is 11.5. The first-order valence-electron chi connectivity index (χ1n) is 6.49. The Bertz CT molecular complexity index is 329. The normalized spacial score (nSPS) is 21.4. The van der Waals surface area contributed by atoms with Crippen LogP contribution >= 0.6 is 0 Å². The zero-order valence-electron chi connectivity index (χ0n) is 10.7. The van der Waals surface area contributed by atoms with Crippen LogP contribution in [-0.4, -0.2) is 6.04 Å². The summed E-state index contributed by atoms with van der Waals surface area (Å²) >= 11 is 0. The zero-order chi connectivity index (χ0) is 11.6. The van der Waals surface area contributed by atoms with Crippen molar-refractivity contribution in [3.8, 4) is 0 Å². The Balaban J connectivity index is 2.11. The fourth-order valence-electron chi connectivity index (χ4n) is 2.41. The largest absolute Gasteiger partial charge is 0.305 e. The van der Waals surface area contributed by atoms with Crippen molar-refractivity contribution in [3.63, 3.8) is 0 Å². The standard InChI is InChI=1S/C15H23N/c1-4-15(3,14-8-6-5-7-9-14)16-12(2)13-10-11-13/h5-9,12-13,16H,4,10-11H2,1-3H3. The Kier molecular flexibility index (Phi) is 3.34. The lowest BCUT2D eigenvalue weighted by molar-refractivity contribution is 0.297. The summed E-state index contributed by atoms with van der Waals surface area (Å²) in [5.41, 5.74) is 1.54. The predicted octanol–water partition coefficient (Wildman–Crippen LogP) is 3.70. The minimum Gasteiger partial charge on any atom is -0.305 e. The minimum atomic E-state index is 0.128. The molecule has 0 bridgehead atoms. The molecule has 1 aliphatic rings. The van der Waals surface area contributed by atoms with Gasteiger partial charge in [0.1, 0.15) is 0 Å². The van der Waals surface area contributed by atoms with E-state index in [9.17, 15) is 0 Å². The molecule has 1 fully saturated rings.